The maximum atomic E-state index is 11.9. The van der Waals surface area contributed by atoms with E-state index in [4.69, 9.17) is 10.5 Å². The Morgan fingerprint density at radius 3 is 2.62 bits per heavy atom. The molecule has 1 amide bonds. The Morgan fingerprint density at radius 1 is 1.33 bits per heavy atom. The number of amides is 1. The second kappa shape index (κ2) is 7.57. The Morgan fingerprint density at radius 2 is 2.00 bits per heavy atom. The average molecular weight is 290 g/mol. The molecule has 21 heavy (non-hydrogen) atoms. The topological polar surface area (TPSA) is 64.3 Å². The second-order valence-corrected chi connectivity index (χ2v) is 6.12. The van der Waals surface area contributed by atoms with E-state index in [9.17, 15) is 4.79 Å². The van der Waals surface area contributed by atoms with Crippen LogP contribution in [0.1, 0.15) is 38.2 Å². The van der Waals surface area contributed by atoms with Crippen molar-refractivity contribution < 1.29 is 9.53 Å². The van der Waals surface area contributed by atoms with E-state index >= 15 is 0 Å². The first-order valence-electron chi connectivity index (χ1n) is 7.78. The summed E-state index contributed by atoms with van der Waals surface area (Å²) in [4.78, 5) is 11.9. The maximum absolute atomic E-state index is 11.9. The lowest BCUT2D eigenvalue weighted by molar-refractivity contribution is -0.136. The number of hydrogen-bond donors (Lipinski definition) is 2. The lowest BCUT2D eigenvalue weighted by Gasteiger charge is -2.38. The summed E-state index contributed by atoms with van der Waals surface area (Å²) < 4.78 is 5.88. The zero-order chi connectivity index (χ0) is 15.1. The Hall–Kier alpha value is -1.39. The number of ether oxygens (including phenoxy) is 1. The maximum Gasteiger partial charge on any atom is 0.246 e. The van der Waals surface area contributed by atoms with Gasteiger partial charge in [0.15, 0.2) is 0 Å². The second-order valence-electron chi connectivity index (χ2n) is 6.12. The fourth-order valence-corrected chi connectivity index (χ4v) is 2.76. The monoisotopic (exact) mass is 290 g/mol. The Kier molecular flexibility index (Phi) is 5.76. The minimum atomic E-state index is -0.295. The van der Waals surface area contributed by atoms with Crippen LogP contribution in [0.2, 0.25) is 0 Å². The molecule has 0 aliphatic heterocycles. The first-order chi connectivity index (χ1) is 10.1. The van der Waals surface area contributed by atoms with Gasteiger partial charge in [0.05, 0.1) is 5.60 Å². The highest BCUT2D eigenvalue weighted by molar-refractivity contribution is 5.77. The molecule has 1 aromatic rings. The van der Waals surface area contributed by atoms with Gasteiger partial charge in [0.2, 0.25) is 5.91 Å². The molecule has 1 aliphatic rings. The van der Waals surface area contributed by atoms with Crippen LogP contribution in [-0.4, -0.2) is 24.7 Å². The number of hydrogen-bond acceptors (Lipinski definition) is 3. The van der Waals surface area contributed by atoms with E-state index in [0.717, 1.165) is 37.2 Å². The highest BCUT2D eigenvalue weighted by Crippen LogP contribution is 2.33. The van der Waals surface area contributed by atoms with Gasteiger partial charge in [0, 0.05) is 13.1 Å². The fraction of sp³-hybridized carbons (Fsp3) is 0.588. The Bertz CT molecular complexity index is 439. The van der Waals surface area contributed by atoms with Crippen LogP contribution in [0, 0.1) is 5.92 Å². The van der Waals surface area contributed by atoms with Crippen molar-refractivity contribution in [2.24, 2.45) is 11.7 Å². The lowest BCUT2D eigenvalue weighted by atomic mass is 9.79. The lowest BCUT2D eigenvalue weighted by Crippen LogP contribution is -2.45. The summed E-state index contributed by atoms with van der Waals surface area (Å²) >= 11 is 0. The molecule has 3 N–H and O–H groups in total. The molecule has 0 saturated heterocycles. The van der Waals surface area contributed by atoms with E-state index in [1.165, 1.54) is 0 Å². The van der Waals surface area contributed by atoms with Gasteiger partial charge in [-0.2, -0.15) is 0 Å². The van der Waals surface area contributed by atoms with Crippen LogP contribution >= 0.6 is 0 Å². The number of carbonyl (C=O) groups excluding carboxylic acids is 1. The van der Waals surface area contributed by atoms with Gasteiger partial charge in [-0.05, 0) is 37.2 Å². The van der Waals surface area contributed by atoms with Crippen LogP contribution in [0.3, 0.4) is 0 Å². The number of benzene rings is 1. The van der Waals surface area contributed by atoms with Crippen molar-refractivity contribution in [1.29, 1.82) is 0 Å². The summed E-state index contributed by atoms with van der Waals surface area (Å²) in [7, 11) is 0. The summed E-state index contributed by atoms with van der Waals surface area (Å²) in [6, 6.07) is 9.87. The summed E-state index contributed by atoms with van der Waals surface area (Å²) in [6.45, 7) is 3.38. The zero-order valence-corrected chi connectivity index (χ0v) is 12.8. The Balaban J connectivity index is 1.75. The van der Waals surface area contributed by atoms with Crippen LogP contribution < -0.4 is 11.1 Å². The van der Waals surface area contributed by atoms with E-state index in [1.54, 1.807) is 0 Å². The standard InChI is InChI=1S/C17H26N2O2/c1-14-7-9-17(13-18,10-8-14)21-12-16(20)19-11-15-5-3-2-4-6-15/h2-6,14H,7-13,18H2,1H3,(H,19,20). The molecule has 1 aliphatic carbocycles. The molecule has 116 valence electrons. The van der Waals surface area contributed by atoms with Crippen LogP contribution in [-0.2, 0) is 16.1 Å². The van der Waals surface area contributed by atoms with Crippen LogP contribution in [0.25, 0.3) is 0 Å². The molecule has 1 saturated carbocycles. The third kappa shape index (κ3) is 4.83. The van der Waals surface area contributed by atoms with Crippen molar-refractivity contribution in [1.82, 2.24) is 5.32 Å². The smallest absolute Gasteiger partial charge is 0.246 e. The summed E-state index contributed by atoms with van der Waals surface area (Å²) in [5.41, 5.74) is 6.67. The predicted molar refractivity (Wildman–Crippen MR) is 83.7 cm³/mol. The third-order valence-corrected chi connectivity index (χ3v) is 4.40. The van der Waals surface area contributed by atoms with Crippen molar-refractivity contribution in [3.05, 3.63) is 35.9 Å². The predicted octanol–water partition coefficient (Wildman–Crippen LogP) is 2.23. The first-order valence-corrected chi connectivity index (χ1v) is 7.78. The Labute approximate surface area is 127 Å². The van der Waals surface area contributed by atoms with E-state index in [-0.39, 0.29) is 18.1 Å². The van der Waals surface area contributed by atoms with Gasteiger partial charge >= 0.3 is 0 Å². The first kappa shape index (κ1) is 16.0. The van der Waals surface area contributed by atoms with Crippen LogP contribution in [0.15, 0.2) is 30.3 Å². The van der Waals surface area contributed by atoms with Gasteiger partial charge in [-0.3, -0.25) is 4.79 Å². The third-order valence-electron chi connectivity index (χ3n) is 4.40. The molecule has 0 spiro atoms. The van der Waals surface area contributed by atoms with E-state index < -0.39 is 0 Å². The molecule has 2 rings (SSSR count). The number of carbonyl (C=O) groups is 1. The van der Waals surface area contributed by atoms with Gasteiger partial charge in [0.25, 0.3) is 0 Å². The molecule has 0 heterocycles. The molecular weight excluding hydrogens is 264 g/mol. The van der Waals surface area contributed by atoms with Gasteiger partial charge in [-0.25, -0.2) is 0 Å². The van der Waals surface area contributed by atoms with Gasteiger partial charge in [0.1, 0.15) is 6.61 Å². The summed E-state index contributed by atoms with van der Waals surface area (Å²) in [5.74, 6) is 0.658. The minimum absolute atomic E-state index is 0.0784. The van der Waals surface area contributed by atoms with Crippen LogP contribution in [0.4, 0.5) is 0 Å². The quantitative estimate of drug-likeness (QED) is 0.844. The molecular formula is C17H26N2O2. The van der Waals surface area contributed by atoms with E-state index in [1.807, 2.05) is 30.3 Å². The van der Waals surface area contributed by atoms with Gasteiger partial charge in [-0.15, -0.1) is 0 Å². The van der Waals surface area contributed by atoms with Crippen molar-refractivity contribution in [2.45, 2.75) is 44.8 Å². The minimum Gasteiger partial charge on any atom is -0.364 e. The highest BCUT2D eigenvalue weighted by Gasteiger charge is 2.34. The number of rotatable bonds is 6. The molecule has 4 nitrogen and oxygen atoms in total. The van der Waals surface area contributed by atoms with Crippen molar-refractivity contribution in [2.75, 3.05) is 13.2 Å². The number of nitrogens with two attached hydrogens (primary N) is 1. The molecule has 0 radical (unpaired) electrons. The molecule has 0 bridgehead atoms. The SMILES string of the molecule is CC1CCC(CN)(OCC(=O)NCc2ccccc2)CC1. The molecule has 1 aromatic carbocycles. The molecule has 0 atom stereocenters. The van der Waals surface area contributed by atoms with Crippen LogP contribution in [0.5, 0.6) is 0 Å². The van der Waals surface area contributed by atoms with E-state index in [0.29, 0.717) is 13.1 Å². The van der Waals surface area contributed by atoms with Gasteiger partial charge in [-0.1, -0.05) is 37.3 Å². The highest BCUT2D eigenvalue weighted by atomic mass is 16.5. The van der Waals surface area contributed by atoms with Crippen molar-refractivity contribution >= 4 is 5.91 Å². The average Bonchev–Trinajstić information content (AvgIpc) is 2.54. The largest absolute Gasteiger partial charge is 0.364 e. The molecule has 4 heteroatoms. The van der Waals surface area contributed by atoms with Gasteiger partial charge < -0.3 is 15.8 Å². The van der Waals surface area contributed by atoms with E-state index in [2.05, 4.69) is 12.2 Å². The molecule has 0 unspecified atom stereocenters. The normalized spacial score (nSPS) is 25.5. The fourth-order valence-electron chi connectivity index (χ4n) is 2.76. The summed E-state index contributed by atoms with van der Waals surface area (Å²) in [5, 5.41) is 2.88. The molecule has 0 aromatic heterocycles. The molecule has 1 fully saturated rings. The van der Waals surface area contributed by atoms with Crippen molar-refractivity contribution in [3.8, 4) is 0 Å². The zero-order valence-electron chi connectivity index (χ0n) is 12.8. The summed E-state index contributed by atoms with van der Waals surface area (Å²) in [6.07, 6.45) is 4.17. The van der Waals surface area contributed by atoms with Crippen molar-refractivity contribution in [3.63, 3.8) is 0 Å². The number of nitrogens with one attached hydrogen (secondary N) is 1.